The lowest BCUT2D eigenvalue weighted by Crippen LogP contribution is -2.03. The zero-order valence-corrected chi connectivity index (χ0v) is 10.1. The molecule has 4 heteroatoms. The lowest BCUT2D eigenvalue weighted by molar-refractivity contribution is 0.963. The fraction of sp³-hybridized carbons (Fsp3) is 0.273. The highest BCUT2D eigenvalue weighted by Crippen LogP contribution is 2.24. The van der Waals surface area contributed by atoms with E-state index in [1.54, 1.807) is 0 Å². The Morgan fingerprint density at radius 1 is 1.40 bits per heavy atom. The molecule has 0 aliphatic heterocycles. The summed E-state index contributed by atoms with van der Waals surface area (Å²) < 4.78 is 0. The molecule has 0 radical (unpaired) electrons. The number of nitrogens with one attached hydrogen (secondary N) is 1. The van der Waals surface area contributed by atoms with Crippen LogP contribution in [-0.2, 0) is 6.42 Å². The molecule has 0 fully saturated rings. The van der Waals surface area contributed by atoms with Crippen molar-refractivity contribution < 1.29 is 0 Å². The van der Waals surface area contributed by atoms with Gasteiger partial charge in [-0.25, -0.2) is 0 Å². The molecule has 82 valence electrons. The van der Waals surface area contributed by atoms with Gasteiger partial charge < -0.3 is 10.7 Å². The Hall–Kier alpha value is -0.700. The highest BCUT2D eigenvalue weighted by atomic mass is 35.5. The second-order valence-electron chi connectivity index (χ2n) is 3.46. The monoisotopic (exact) mass is 244 g/mol. The number of fused-ring (bicyclic) bond motifs is 1. The zero-order valence-electron chi connectivity index (χ0n) is 8.51. The summed E-state index contributed by atoms with van der Waals surface area (Å²) in [6.45, 7) is 2.75. The Kier molecular flexibility index (Phi) is 4.03. The predicted molar refractivity (Wildman–Crippen MR) is 68.1 cm³/mol. The Balaban J connectivity index is 0.00000112. The SMILES string of the molecule is Cc1[nH]c2cc(Cl)ccc2c1CCN.Cl. The summed E-state index contributed by atoms with van der Waals surface area (Å²) in [5.41, 5.74) is 9.16. The molecule has 0 atom stereocenters. The first-order valence-electron chi connectivity index (χ1n) is 4.69. The standard InChI is InChI=1S/C11H13ClN2.ClH/c1-7-9(4-5-13)10-3-2-8(12)6-11(10)14-7;/h2-3,6,14H,4-5,13H2,1H3;1H. The fourth-order valence-electron chi connectivity index (χ4n) is 1.83. The first-order valence-corrected chi connectivity index (χ1v) is 5.07. The van der Waals surface area contributed by atoms with Gasteiger partial charge in [0.15, 0.2) is 0 Å². The smallest absolute Gasteiger partial charge is 0.0473 e. The highest BCUT2D eigenvalue weighted by molar-refractivity contribution is 6.31. The van der Waals surface area contributed by atoms with Gasteiger partial charge in [-0.1, -0.05) is 17.7 Å². The molecule has 0 aliphatic carbocycles. The van der Waals surface area contributed by atoms with Gasteiger partial charge in [-0.2, -0.15) is 0 Å². The number of hydrogen-bond donors (Lipinski definition) is 2. The first kappa shape index (κ1) is 12.4. The van der Waals surface area contributed by atoms with Crippen LogP contribution in [0.1, 0.15) is 11.3 Å². The molecule has 0 aliphatic rings. The van der Waals surface area contributed by atoms with Crippen LogP contribution in [0.15, 0.2) is 18.2 Å². The van der Waals surface area contributed by atoms with Gasteiger partial charge in [0.2, 0.25) is 0 Å². The van der Waals surface area contributed by atoms with Gasteiger partial charge in [-0.05, 0) is 37.6 Å². The largest absolute Gasteiger partial charge is 0.358 e. The topological polar surface area (TPSA) is 41.8 Å². The summed E-state index contributed by atoms with van der Waals surface area (Å²) >= 11 is 5.91. The molecule has 2 nitrogen and oxygen atoms in total. The lowest BCUT2D eigenvalue weighted by Gasteiger charge is -1.97. The Labute approximate surface area is 100 Å². The molecule has 0 amide bonds. The molecule has 0 saturated heterocycles. The molecule has 0 bridgehead atoms. The third-order valence-electron chi connectivity index (χ3n) is 2.48. The van der Waals surface area contributed by atoms with Crippen LogP contribution in [-0.4, -0.2) is 11.5 Å². The van der Waals surface area contributed by atoms with E-state index in [1.807, 2.05) is 18.2 Å². The predicted octanol–water partition coefficient (Wildman–Crippen LogP) is 3.05. The number of aromatic amines is 1. The summed E-state index contributed by atoms with van der Waals surface area (Å²) in [5, 5.41) is 2.00. The van der Waals surface area contributed by atoms with E-state index in [0.717, 1.165) is 17.0 Å². The van der Waals surface area contributed by atoms with Crippen molar-refractivity contribution in [2.75, 3.05) is 6.54 Å². The van der Waals surface area contributed by atoms with Crippen LogP contribution < -0.4 is 5.73 Å². The van der Waals surface area contributed by atoms with Gasteiger partial charge in [0.05, 0.1) is 0 Å². The minimum absolute atomic E-state index is 0. The van der Waals surface area contributed by atoms with E-state index in [4.69, 9.17) is 17.3 Å². The second kappa shape index (κ2) is 4.88. The Morgan fingerprint density at radius 2 is 2.13 bits per heavy atom. The van der Waals surface area contributed by atoms with E-state index >= 15 is 0 Å². The number of aromatic nitrogens is 1. The van der Waals surface area contributed by atoms with Crippen molar-refractivity contribution in [3.8, 4) is 0 Å². The summed E-state index contributed by atoms with van der Waals surface area (Å²) in [4.78, 5) is 3.31. The minimum atomic E-state index is 0. The second-order valence-corrected chi connectivity index (χ2v) is 3.89. The number of rotatable bonds is 2. The molecule has 2 rings (SSSR count). The third-order valence-corrected chi connectivity index (χ3v) is 2.71. The van der Waals surface area contributed by atoms with Gasteiger partial charge in [0, 0.05) is 21.6 Å². The average Bonchev–Trinajstić information content (AvgIpc) is 2.43. The van der Waals surface area contributed by atoms with Crippen molar-refractivity contribution >= 4 is 34.9 Å². The van der Waals surface area contributed by atoms with Gasteiger partial charge in [-0.3, -0.25) is 0 Å². The molecule has 1 aromatic carbocycles. The van der Waals surface area contributed by atoms with Crippen molar-refractivity contribution in [1.82, 2.24) is 4.98 Å². The highest BCUT2D eigenvalue weighted by Gasteiger charge is 2.07. The quantitative estimate of drug-likeness (QED) is 0.838. The van der Waals surface area contributed by atoms with Crippen LogP contribution in [0.2, 0.25) is 5.02 Å². The minimum Gasteiger partial charge on any atom is -0.358 e. The Morgan fingerprint density at radius 3 is 2.80 bits per heavy atom. The molecule has 1 aromatic heterocycles. The van der Waals surface area contributed by atoms with Gasteiger partial charge in [0.1, 0.15) is 0 Å². The summed E-state index contributed by atoms with van der Waals surface area (Å²) in [7, 11) is 0. The molecular weight excluding hydrogens is 231 g/mol. The molecule has 15 heavy (non-hydrogen) atoms. The van der Waals surface area contributed by atoms with E-state index in [2.05, 4.69) is 11.9 Å². The Bertz CT molecular complexity index is 463. The zero-order chi connectivity index (χ0) is 10.1. The molecular formula is C11H14Cl2N2. The fourth-order valence-corrected chi connectivity index (χ4v) is 2.00. The van der Waals surface area contributed by atoms with Gasteiger partial charge in [-0.15, -0.1) is 12.4 Å². The molecule has 0 saturated carbocycles. The van der Waals surface area contributed by atoms with Crippen LogP contribution >= 0.6 is 24.0 Å². The lowest BCUT2D eigenvalue weighted by atomic mass is 10.1. The maximum Gasteiger partial charge on any atom is 0.0473 e. The normalized spacial score (nSPS) is 10.3. The first-order chi connectivity index (χ1) is 6.72. The van der Waals surface area contributed by atoms with Crippen molar-refractivity contribution in [2.45, 2.75) is 13.3 Å². The molecule has 0 spiro atoms. The maximum absolute atomic E-state index is 5.91. The van der Waals surface area contributed by atoms with Crippen LogP contribution in [0.4, 0.5) is 0 Å². The van der Waals surface area contributed by atoms with Crippen molar-refractivity contribution in [3.05, 3.63) is 34.5 Å². The van der Waals surface area contributed by atoms with E-state index in [9.17, 15) is 0 Å². The summed E-state index contributed by atoms with van der Waals surface area (Å²) in [6.07, 6.45) is 0.910. The van der Waals surface area contributed by atoms with Crippen molar-refractivity contribution in [2.24, 2.45) is 5.73 Å². The molecule has 1 heterocycles. The van der Waals surface area contributed by atoms with E-state index in [-0.39, 0.29) is 12.4 Å². The number of H-pyrrole nitrogens is 1. The van der Waals surface area contributed by atoms with E-state index in [1.165, 1.54) is 16.6 Å². The van der Waals surface area contributed by atoms with E-state index < -0.39 is 0 Å². The van der Waals surface area contributed by atoms with Crippen LogP contribution in [0.5, 0.6) is 0 Å². The number of hydrogen-bond acceptors (Lipinski definition) is 1. The number of nitrogens with two attached hydrogens (primary N) is 1. The van der Waals surface area contributed by atoms with Crippen molar-refractivity contribution in [3.63, 3.8) is 0 Å². The van der Waals surface area contributed by atoms with Gasteiger partial charge >= 0.3 is 0 Å². The van der Waals surface area contributed by atoms with Crippen LogP contribution in [0, 0.1) is 6.92 Å². The summed E-state index contributed by atoms with van der Waals surface area (Å²) in [6, 6.07) is 5.91. The number of benzene rings is 1. The maximum atomic E-state index is 5.91. The number of aryl methyl sites for hydroxylation is 1. The summed E-state index contributed by atoms with van der Waals surface area (Å²) in [5.74, 6) is 0. The van der Waals surface area contributed by atoms with Crippen LogP contribution in [0.3, 0.4) is 0 Å². The van der Waals surface area contributed by atoms with E-state index in [0.29, 0.717) is 6.54 Å². The average molecular weight is 245 g/mol. The molecule has 2 aromatic rings. The van der Waals surface area contributed by atoms with Crippen LogP contribution in [0.25, 0.3) is 10.9 Å². The molecule has 3 N–H and O–H groups in total. The third kappa shape index (κ3) is 2.28. The van der Waals surface area contributed by atoms with Gasteiger partial charge in [0.25, 0.3) is 0 Å². The molecule has 0 unspecified atom stereocenters. The van der Waals surface area contributed by atoms with Crippen molar-refractivity contribution in [1.29, 1.82) is 0 Å². The number of halogens is 2.